The van der Waals surface area contributed by atoms with E-state index >= 15 is 0 Å². The van der Waals surface area contributed by atoms with E-state index in [2.05, 4.69) is 29.4 Å². The van der Waals surface area contributed by atoms with Gasteiger partial charge in [0.25, 0.3) is 0 Å². The van der Waals surface area contributed by atoms with Crippen LogP contribution >= 0.6 is 11.3 Å². The summed E-state index contributed by atoms with van der Waals surface area (Å²) in [6.07, 6.45) is 3.11. The highest BCUT2D eigenvalue weighted by Gasteiger charge is 2.07. The van der Waals surface area contributed by atoms with Crippen LogP contribution in [0.1, 0.15) is 17.1 Å². The Morgan fingerprint density at radius 3 is 2.63 bits per heavy atom. The van der Waals surface area contributed by atoms with Gasteiger partial charge in [-0.05, 0) is 74.0 Å². The molecule has 1 amide bonds. The van der Waals surface area contributed by atoms with Crippen molar-refractivity contribution in [2.24, 2.45) is 0 Å². The number of hydrogen-bond donors (Lipinski definition) is 1. The number of aryl methyl sites for hydroxylation is 2. The Labute approximate surface area is 161 Å². The number of carbonyl (C=O) groups excluding carboxylic acids is 1. The lowest BCUT2D eigenvalue weighted by Crippen LogP contribution is -2.07. The van der Waals surface area contributed by atoms with Gasteiger partial charge in [0.1, 0.15) is 16.5 Å². The molecule has 0 aliphatic carbocycles. The van der Waals surface area contributed by atoms with Crippen molar-refractivity contribution >= 4 is 39.2 Å². The van der Waals surface area contributed by atoms with Gasteiger partial charge in [-0.15, -0.1) is 11.3 Å². The summed E-state index contributed by atoms with van der Waals surface area (Å²) in [4.78, 5) is 16.7. The Balaban J connectivity index is 1.46. The van der Waals surface area contributed by atoms with Crippen molar-refractivity contribution in [2.45, 2.75) is 13.8 Å². The number of anilines is 1. The van der Waals surface area contributed by atoms with Crippen LogP contribution in [0.25, 0.3) is 26.9 Å². The third-order valence-electron chi connectivity index (χ3n) is 4.10. The van der Waals surface area contributed by atoms with Crippen LogP contribution in [0.2, 0.25) is 0 Å². The van der Waals surface area contributed by atoms with Gasteiger partial charge in [-0.2, -0.15) is 0 Å². The Kier molecular flexibility index (Phi) is 4.60. The molecule has 0 atom stereocenters. The number of benzene rings is 2. The standard InChI is InChI=1S/C22H18N2O2S/c1-14-3-11-19-20(13-14)27-22(24-19)16-5-7-17(8-6-16)23-21(25)12-10-18-9-4-15(2)26-18/h3-13H,1-2H3,(H,23,25)/b12-10+. The monoisotopic (exact) mass is 374 g/mol. The summed E-state index contributed by atoms with van der Waals surface area (Å²) in [5.41, 5.74) is 4.01. The van der Waals surface area contributed by atoms with Gasteiger partial charge in [0.2, 0.25) is 5.91 Å². The molecule has 0 bridgehead atoms. The molecule has 5 heteroatoms. The Morgan fingerprint density at radius 2 is 1.89 bits per heavy atom. The molecule has 2 aromatic carbocycles. The molecule has 2 heterocycles. The maximum absolute atomic E-state index is 12.0. The van der Waals surface area contributed by atoms with Crippen LogP contribution in [-0.2, 0) is 4.79 Å². The lowest BCUT2D eigenvalue weighted by molar-refractivity contribution is -0.111. The second-order valence-corrected chi connectivity index (χ2v) is 7.37. The fourth-order valence-electron chi connectivity index (χ4n) is 2.74. The first-order valence-electron chi connectivity index (χ1n) is 8.60. The molecule has 4 aromatic rings. The van der Waals surface area contributed by atoms with Gasteiger partial charge in [-0.1, -0.05) is 6.07 Å². The summed E-state index contributed by atoms with van der Waals surface area (Å²) >= 11 is 1.67. The highest BCUT2D eigenvalue weighted by atomic mass is 32.1. The molecule has 27 heavy (non-hydrogen) atoms. The Morgan fingerprint density at radius 1 is 1.07 bits per heavy atom. The average Bonchev–Trinajstić information content (AvgIpc) is 3.26. The van der Waals surface area contributed by atoms with Crippen molar-refractivity contribution < 1.29 is 9.21 Å². The van der Waals surface area contributed by atoms with E-state index in [9.17, 15) is 4.79 Å². The van der Waals surface area contributed by atoms with Crippen LogP contribution in [0.3, 0.4) is 0 Å². The number of thiazole rings is 1. The molecule has 0 radical (unpaired) electrons. The number of hydrogen-bond acceptors (Lipinski definition) is 4. The van der Waals surface area contributed by atoms with Crippen molar-refractivity contribution in [1.82, 2.24) is 4.98 Å². The maximum Gasteiger partial charge on any atom is 0.248 e. The number of carbonyl (C=O) groups is 1. The van der Waals surface area contributed by atoms with Crippen LogP contribution in [0.15, 0.2) is 65.1 Å². The Hall–Kier alpha value is -3.18. The van der Waals surface area contributed by atoms with Gasteiger partial charge < -0.3 is 9.73 Å². The first kappa shape index (κ1) is 17.2. The zero-order chi connectivity index (χ0) is 18.8. The van der Waals surface area contributed by atoms with Crippen molar-refractivity contribution in [3.05, 3.63) is 77.8 Å². The fourth-order valence-corrected chi connectivity index (χ4v) is 3.81. The largest absolute Gasteiger partial charge is 0.462 e. The molecule has 1 N–H and O–H groups in total. The second-order valence-electron chi connectivity index (χ2n) is 6.34. The summed E-state index contributed by atoms with van der Waals surface area (Å²) in [7, 11) is 0. The molecule has 4 nitrogen and oxygen atoms in total. The summed E-state index contributed by atoms with van der Waals surface area (Å²) in [6.45, 7) is 3.95. The number of nitrogens with zero attached hydrogens (tertiary/aromatic N) is 1. The van der Waals surface area contributed by atoms with Crippen molar-refractivity contribution in [3.63, 3.8) is 0 Å². The first-order chi connectivity index (χ1) is 13.1. The third kappa shape index (κ3) is 3.99. The van der Waals surface area contributed by atoms with Crippen LogP contribution in [0.5, 0.6) is 0 Å². The van der Waals surface area contributed by atoms with Gasteiger partial charge in [0.05, 0.1) is 10.2 Å². The summed E-state index contributed by atoms with van der Waals surface area (Å²) in [6, 6.07) is 17.7. The molecule has 0 aliphatic rings. The quantitative estimate of drug-likeness (QED) is 0.458. The van der Waals surface area contributed by atoms with Gasteiger partial charge >= 0.3 is 0 Å². The first-order valence-corrected chi connectivity index (χ1v) is 9.42. The lowest BCUT2D eigenvalue weighted by atomic mass is 10.2. The van der Waals surface area contributed by atoms with E-state index in [-0.39, 0.29) is 5.91 Å². The van der Waals surface area contributed by atoms with Gasteiger partial charge in [0, 0.05) is 17.3 Å². The molecule has 0 saturated heterocycles. The van der Waals surface area contributed by atoms with Crippen molar-refractivity contribution in [2.75, 3.05) is 5.32 Å². The zero-order valence-corrected chi connectivity index (χ0v) is 15.8. The van der Waals surface area contributed by atoms with Crippen LogP contribution in [-0.4, -0.2) is 10.9 Å². The normalized spacial score (nSPS) is 11.3. The van der Waals surface area contributed by atoms with Crippen LogP contribution in [0.4, 0.5) is 5.69 Å². The smallest absolute Gasteiger partial charge is 0.248 e. The van der Waals surface area contributed by atoms with E-state index in [0.29, 0.717) is 5.76 Å². The fraction of sp³-hybridized carbons (Fsp3) is 0.0909. The molecule has 0 unspecified atom stereocenters. The molecule has 134 valence electrons. The summed E-state index contributed by atoms with van der Waals surface area (Å²) < 4.78 is 6.59. The number of furan rings is 1. The number of amides is 1. The van der Waals surface area contributed by atoms with Gasteiger partial charge in [-0.25, -0.2) is 4.98 Å². The van der Waals surface area contributed by atoms with E-state index in [1.807, 2.05) is 49.4 Å². The average molecular weight is 374 g/mol. The molecule has 0 spiro atoms. The zero-order valence-electron chi connectivity index (χ0n) is 15.0. The predicted molar refractivity (Wildman–Crippen MR) is 111 cm³/mol. The topological polar surface area (TPSA) is 55.1 Å². The van der Waals surface area contributed by atoms with E-state index in [0.717, 1.165) is 27.5 Å². The van der Waals surface area contributed by atoms with Gasteiger partial charge in [-0.3, -0.25) is 4.79 Å². The SMILES string of the molecule is Cc1ccc2nc(-c3ccc(NC(=O)/C=C/c4ccc(C)o4)cc3)sc2c1. The van der Waals surface area contributed by atoms with E-state index in [4.69, 9.17) is 4.42 Å². The molecule has 0 aliphatic heterocycles. The lowest BCUT2D eigenvalue weighted by Gasteiger charge is -2.03. The minimum Gasteiger partial charge on any atom is -0.462 e. The molecule has 0 fully saturated rings. The molecule has 4 rings (SSSR count). The van der Waals surface area contributed by atoms with E-state index in [1.165, 1.54) is 16.3 Å². The number of fused-ring (bicyclic) bond motifs is 1. The summed E-state index contributed by atoms with van der Waals surface area (Å²) in [5, 5.41) is 3.82. The molecular formula is C22H18N2O2S. The highest BCUT2D eigenvalue weighted by Crippen LogP contribution is 2.31. The maximum atomic E-state index is 12.0. The third-order valence-corrected chi connectivity index (χ3v) is 5.17. The van der Waals surface area contributed by atoms with Crippen LogP contribution < -0.4 is 5.32 Å². The number of aromatic nitrogens is 1. The minimum atomic E-state index is -0.202. The van der Waals surface area contributed by atoms with E-state index in [1.54, 1.807) is 17.4 Å². The Bertz CT molecular complexity index is 1140. The van der Waals surface area contributed by atoms with Crippen LogP contribution in [0, 0.1) is 13.8 Å². The van der Waals surface area contributed by atoms with Crippen molar-refractivity contribution in [1.29, 1.82) is 0 Å². The minimum absolute atomic E-state index is 0.202. The highest BCUT2D eigenvalue weighted by molar-refractivity contribution is 7.21. The predicted octanol–water partition coefficient (Wildman–Crippen LogP) is 5.83. The second kappa shape index (κ2) is 7.21. The van der Waals surface area contributed by atoms with Gasteiger partial charge in [0.15, 0.2) is 0 Å². The number of nitrogens with one attached hydrogen (secondary N) is 1. The molecule has 2 aromatic heterocycles. The van der Waals surface area contributed by atoms with Crippen molar-refractivity contribution in [3.8, 4) is 10.6 Å². The number of rotatable bonds is 4. The molecular weight excluding hydrogens is 356 g/mol. The van der Waals surface area contributed by atoms with E-state index < -0.39 is 0 Å². The molecule has 0 saturated carbocycles. The summed E-state index contributed by atoms with van der Waals surface area (Å²) in [5.74, 6) is 1.27.